The van der Waals surface area contributed by atoms with Crippen LogP contribution < -0.4 is 4.31 Å². The van der Waals surface area contributed by atoms with E-state index in [9.17, 15) is 8.42 Å². The van der Waals surface area contributed by atoms with Gasteiger partial charge in [-0.1, -0.05) is 41.9 Å². The number of anilines is 2. The molecule has 0 saturated carbocycles. The van der Waals surface area contributed by atoms with Crippen LogP contribution in [0.5, 0.6) is 0 Å². The molecule has 1 N–H and O–H groups in total. The number of hydrogen-bond acceptors (Lipinski definition) is 6. The van der Waals surface area contributed by atoms with Gasteiger partial charge in [-0.2, -0.15) is 13.6 Å². The summed E-state index contributed by atoms with van der Waals surface area (Å²) >= 11 is 7.48. The number of nitrogens with one attached hydrogen (secondary N) is 1. The first-order valence-electron chi connectivity index (χ1n) is 7.74. The summed E-state index contributed by atoms with van der Waals surface area (Å²) in [6.45, 7) is 0. The van der Waals surface area contributed by atoms with Crippen LogP contribution in [0.3, 0.4) is 0 Å². The highest BCUT2D eigenvalue weighted by Crippen LogP contribution is 2.38. The predicted octanol–water partition coefficient (Wildman–Crippen LogP) is 4.11. The average Bonchev–Trinajstić information content (AvgIpc) is 3.38. The Morgan fingerprint density at radius 3 is 2.59 bits per heavy atom. The SMILES string of the molecule is O=S(=O)(c1cccs1)N(c1cccc(-c2nn[nH]n2)c1)c1ccccc1Cl. The standard InChI is InChI=1S/C17H12ClN5O2S2/c18-14-7-1-2-8-15(14)23(27(24,25)16-9-4-10-26-16)13-6-3-5-12(11-13)17-19-21-22-20-17/h1-11H,(H,19,20,21,22). The zero-order valence-electron chi connectivity index (χ0n) is 13.7. The van der Waals surface area contributed by atoms with Gasteiger partial charge >= 0.3 is 0 Å². The van der Waals surface area contributed by atoms with Crippen molar-refractivity contribution < 1.29 is 8.42 Å². The number of sulfonamides is 1. The van der Waals surface area contributed by atoms with Crippen molar-refractivity contribution in [1.82, 2.24) is 20.6 Å². The van der Waals surface area contributed by atoms with E-state index >= 15 is 0 Å². The van der Waals surface area contributed by atoms with Crippen molar-refractivity contribution in [2.24, 2.45) is 0 Å². The maximum absolute atomic E-state index is 13.4. The fourth-order valence-electron chi connectivity index (χ4n) is 2.58. The van der Waals surface area contributed by atoms with Gasteiger partial charge in [-0.05, 0) is 40.9 Å². The second kappa shape index (κ2) is 7.10. The molecule has 27 heavy (non-hydrogen) atoms. The normalized spacial score (nSPS) is 11.4. The molecular weight excluding hydrogens is 406 g/mol. The summed E-state index contributed by atoms with van der Waals surface area (Å²) in [5, 5.41) is 15.9. The molecule has 0 spiro atoms. The second-order valence-electron chi connectivity index (χ2n) is 5.44. The van der Waals surface area contributed by atoms with Crippen LogP contribution in [-0.4, -0.2) is 29.0 Å². The lowest BCUT2D eigenvalue weighted by molar-refractivity contribution is 0.598. The highest BCUT2D eigenvalue weighted by Gasteiger charge is 2.29. The summed E-state index contributed by atoms with van der Waals surface area (Å²) in [6.07, 6.45) is 0. The van der Waals surface area contributed by atoms with Gasteiger partial charge in [-0.25, -0.2) is 4.31 Å². The van der Waals surface area contributed by atoms with Gasteiger partial charge < -0.3 is 0 Å². The number of nitrogens with zero attached hydrogens (tertiary/aromatic N) is 4. The first-order chi connectivity index (χ1) is 13.1. The van der Waals surface area contributed by atoms with E-state index in [1.807, 2.05) is 0 Å². The molecule has 0 aliphatic rings. The Balaban J connectivity index is 1.92. The van der Waals surface area contributed by atoms with E-state index in [1.165, 1.54) is 4.31 Å². The molecule has 0 atom stereocenters. The van der Waals surface area contributed by atoms with Crippen LogP contribution in [0.1, 0.15) is 0 Å². The van der Waals surface area contributed by atoms with E-state index in [1.54, 1.807) is 66.0 Å². The van der Waals surface area contributed by atoms with Crippen molar-refractivity contribution in [1.29, 1.82) is 0 Å². The Kier molecular flexibility index (Phi) is 4.65. The minimum Gasteiger partial charge on any atom is -0.232 e. The number of hydrogen-bond donors (Lipinski definition) is 1. The minimum atomic E-state index is -3.87. The Hall–Kier alpha value is -2.75. The summed E-state index contributed by atoms with van der Waals surface area (Å²) in [6, 6.07) is 16.9. The maximum Gasteiger partial charge on any atom is 0.278 e. The number of benzene rings is 2. The number of aromatic nitrogens is 4. The van der Waals surface area contributed by atoms with Crippen molar-refractivity contribution in [2.45, 2.75) is 4.21 Å². The predicted molar refractivity (Wildman–Crippen MR) is 105 cm³/mol. The maximum atomic E-state index is 13.4. The van der Waals surface area contributed by atoms with Crippen LogP contribution in [-0.2, 0) is 10.0 Å². The van der Waals surface area contributed by atoms with Crippen LogP contribution in [0.4, 0.5) is 11.4 Å². The topological polar surface area (TPSA) is 91.8 Å². The van der Waals surface area contributed by atoms with E-state index in [0.29, 0.717) is 27.8 Å². The third-order valence-electron chi connectivity index (χ3n) is 3.75. The molecule has 0 aliphatic carbocycles. The van der Waals surface area contributed by atoms with Crippen molar-refractivity contribution in [2.75, 3.05) is 4.31 Å². The lowest BCUT2D eigenvalue weighted by Gasteiger charge is -2.25. The van der Waals surface area contributed by atoms with E-state index in [-0.39, 0.29) is 4.21 Å². The van der Waals surface area contributed by atoms with Crippen molar-refractivity contribution in [3.05, 3.63) is 71.1 Å². The van der Waals surface area contributed by atoms with Gasteiger partial charge in [0.1, 0.15) is 4.21 Å². The fraction of sp³-hybridized carbons (Fsp3) is 0. The Morgan fingerprint density at radius 2 is 1.89 bits per heavy atom. The summed E-state index contributed by atoms with van der Waals surface area (Å²) in [5.74, 6) is 0.365. The van der Waals surface area contributed by atoms with Gasteiger partial charge in [0, 0.05) is 5.56 Å². The van der Waals surface area contributed by atoms with Crippen molar-refractivity contribution in [3.63, 3.8) is 0 Å². The number of para-hydroxylation sites is 1. The Labute approximate surface area is 164 Å². The van der Waals surface area contributed by atoms with Crippen LogP contribution >= 0.6 is 22.9 Å². The van der Waals surface area contributed by atoms with Gasteiger partial charge in [-0.15, -0.1) is 21.5 Å². The average molecular weight is 418 g/mol. The van der Waals surface area contributed by atoms with Crippen LogP contribution in [0, 0.1) is 0 Å². The molecule has 136 valence electrons. The number of halogens is 1. The van der Waals surface area contributed by atoms with Gasteiger partial charge in [0.2, 0.25) is 5.82 Å². The minimum absolute atomic E-state index is 0.215. The van der Waals surface area contributed by atoms with Gasteiger partial charge in [-0.3, -0.25) is 0 Å². The summed E-state index contributed by atoms with van der Waals surface area (Å²) in [5.41, 5.74) is 1.40. The molecule has 2 aromatic heterocycles. The van der Waals surface area contributed by atoms with Crippen molar-refractivity contribution >= 4 is 44.3 Å². The van der Waals surface area contributed by atoms with E-state index in [0.717, 1.165) is 11.3 Å². The third-order valence-corrected chi connectivity index (χ3v) is 7.18. The molecule has 0 unspecified atom stereocenters. The van der Waals surface area contributed by atoms with Gasteiger partial charge in [0.05, 0.1) is 16.4 Å². The quantitative estimate of drug-likeness (QED) is 0.527. The van der Waals surface area contributed by atoms with Crippen LogP contribution in [0.15, 0.2) is 70.3 Å². The number of aromatic amines is 1. The monoisotopic (exact) mass is 417 g/mol. The number of thiophene rings is 1. The number of rotatable bonds is 5. The molecular formula is C17H12ClN5O2S2. The molecule has 0 amide bonds. The zero-order valence-corrected chi connectivity index (χ0v) is 16.0. The first-order valence-corrected chi connectivity index (χ1v) is 10.4. The molecule has 0 bridgehead atoms. The van der Waals surface area contributed by atoms with Gasteiger partial charge in [0.15, 0.2) is 0 Å². The molecule has 4 aromatic rings. The molecule has 0 aliphatic heterocycles. The van der Waals surface area contributed by atoms with E-state index < -0.39 is 10.0 Å². The number of tetrazole rings is 1. The largest absolute Gasteiger partial charge is 0.278 e. The lowest BCUT2D eigenvalue weighted by atomic mass is 10.2. The Morgan fingerprint density at radius 1 is 1.04 bits per heavy atom. The van der Waals surface area contributed by atoms with Crippen molar-refractivity contribution in [3.8, 4) is 11.4 Å². The summed E-state index contributed by atoms with van der Waals surface area (Å²) < 4.78 is 28.2. The molecule has 10 heteroatoms. The highest BCUT2D eigenvalue weighted by molar-refractivity contribution is 7.95. The smallest absolute Gasteiger partial charge is 0.232 e. The van der Waals surface area contributed by atoms with E-state index in [2.05, 4.69) is 20.6 Å². The first kappa shape index (κ1) is 17.7. The third kappa shape index (κ3) is 3.32. The molecule has 0 radical (unpaired) electrons. The molecule has 2 aromatic carbocycles. The highest BCUT2D eigenvalue weighted by atomic mass is 35.5. The fourth-order valence-corrected chi connectivity index (χ4v) is 5.41. The molecule has 4 rings (SSSR count). The summed E-state index contributed by atoms with van der Waals surface area (Å²) in [4.78, 5) is 0. The second-order valence-corrected chi connectivity index (χ2v) is 8.81. The molecule has 0 saturated heterocycles. The molecule has 7 nitrogen and oxygen atoms in total. The summed E-state index contributed by atoms with van der Waals surface area (Å²) in [7, 11) is -3.87. The van der Waals surface area contributed by atoms with Gasteiger partial charge in [0.25, 0.3) is 10.0 Å². The number of H-pyrrole nitrogens is 1. The lowest BCUT2D eigenvalue weighted by Crippen LogP contribution is -2.25. The van der Waals surface area contributed by atoms with E-state index in [4.69, 9.17) is 11.6 Å². The molecule has 0 fully saturated rings. The van der Waals surface area contributed by atoms with Crippen LogP contribution in [0.2, 0.25) is 5.02 Å². The zero-order chi connectivity index (χ0) is 18.9. The Bertz CT molecular complexity index is 1160. The molecule has 2 heterocycles. The van der Waals surface area contributed by atoms with Crippen LogP contribution in [0.25, 0.3) is 11.4 Å².